The number of esters is 1. The molecule has 1 amide bonds. The number of likely N-dealkylation sites (N-methyl/N-ethyl adjacent to an activating group) is 1. The van der Waals surface area contributed by atoms with E-state index in [0.29, 0.717) is 29.3 Å². The number of amides is 1. The molecular weight excluding hydrogens is 360 g/mol. The molecule has 0 saturated carbocycles. The van der Waals surface area contributed by atoms with E-state index in [0.717, 1.165) is 12.0 Å². The van der Waals surface area contributed by atoms with Gasteiger partial charge in [-0.05, 0) is 55.4 Å². The van der Waals surface area contributed by atoms with Gasteiger partial charge in [0.15, 0.2) is 11.5 Å². The Morgan fingerprint density at radius 2 is 1.64 bits per heavy atom. The van der Waals surface area contributed by atoms with Gasteiger partial charge in [0.2, 0.25) is 5.91 Å². The smallest absolute Gasteiger partial charge is 0.337 e. The summed E-state index contributed by atoms with van der Waals surface area (Å²) in [5.74, 6) is 0.849. The normalized spacial score (nSPS) is 10.5. The highest BCUT2D eigenvalue weighted by Gasteiger charge is 2.10. The maximum absolute atomic E-state index is 12.2. The summed E-state index contributed by atoms with van der Waals surface area (Å²) in [6.45, 7) is 0.968. The molecule has 0 aliphatic heterocycles. The lowest BCUT2D eigenvalue weighted by Crippen LogP contribution is -2.31. The van der Waals surface area contributed by atoms with Crippen molar-refractivity contribution in [2.24, 2.45) is 0 Å². The van der Waals surface area contributed by atoms with Gasteiger partial charge in [0, 0.05) is 12.2 Å². The summed E-state index contributed by atoms with van der Waals surface area (Å²) in [5.41, 5.74) is 2.17. The highest BCUT2D eigenvalue weighted by Crippen LogP contribution is 2.27. The second-order valence-electron chi connectivity index (χ2n) is 6.29. The van der Waals surface area contributed by atoms with Crippen molar-refractivity contribution in [2.45, 2.75) is 6.42 Å². The number of carbonyl (C=O) groups excluding carboxylic acids is 2. The molecule has 2 aromatic carbocycles. The lowest BCUT2D eigenvalue weighted by atomic mass is 10.1. The summed E-state index contributed by atoms with van der Waals surface area (Å²) in [7, 11) is 6.43. The third kappa shape index (κ3) is 5.99. The molecule has 150 valence electrons. The molecule has 1 N–H and O–H groups in total. The van der Waals surface area contributed by atoms with Gasteiger partial charge in [-0.1, -0.05) is 6.07 Å². The summed E-state index contributed by atoms with van der Waals surface area (Å²) in [6.07, 6.45) is 0.776. The predicted molar refractivity (Wildman–Crippen MR) is 107 cm³/mol. The Balaban J connectivity index is 1.83. The number of hydrogen-bond donors (Lipinski definition) is 1. The van der Waals surface area contributed by atoms with Crippen LogP contribution < -0.4 is 14.8 Å². The zero-order valence-electron chi connectivity index (χ0n) is 16.7. The van der Waals surface area contributed by atoms with Gasteiger partial charge in [0.25, 0.3) is 0 Å². The monoisotopic (exact) mass is 386 g/mol. The van der Waals surface area contributed by atoms with E-state index in [1.807, 2.05) is 30.1 Å². The summed E-state index contributed by atoms with van der Waals surface area (Å²) in [5, 5.41) is 2.82. The number of ether oxygens (including phenoxy) is 3. The minimum atomic E-state index is -0.409. The van der Waals surface area contributed by atoms with Crippen LogP contribution >= 0.6 is 0 Å². The Kier molecular flexibility index (Phi) is 7.83. The van der Waals surface area contributed by atoms with Crippen LogP contribution in [0.5, 0.6) is 11.5 Å². The average Bonchev–Trinajstić information content (AvgIpc) is 2.71. The average molecular weight is 386 g/mol. The quantitative estimate of drug-likeness (QED) is 0.668. The van der Waals surface area contributed by atoms with Crippen molar-refractivity contribution in [3.05, 3.63) is 53.6 Å². The van der Waals surface area contributed by atoms with E-state index in [1.54, 1.807) is 38.5 Å². The minimum absolute atomic E-state index is 0.124. The number of benzene rings is 2. The molecule has 0 bridgehead atoms. The van der Waals surface area contributed by atoms with Crippen LogP contribution in [0.2, 0.25) is 0 Å². The second kappa shape index (κ2) is 10.3. The second-order valence-corrected chi connectivity index (χ2v) is 6.29. The first kappa shape index (κ1) is 21.2. The van der Waals surface area contributed by atoms with Crippen molar-refractivity contribution in [1.29, 1.82) is 0 Å². The highest BCUT2D eigenvalue weighted by molar-refractivity contribution is 5.93. The first-order valence-electron chi connectivity index (χ1n) is 8.84. The van der Waals surface area contributed by atoms with Gasteiger partial charge >= 0.3 is 5.97 Å². The summed E-state index contributed by atoms with van der Waals surface area (Å²) in [4.78, 5) is 25.6. The molecule has 2 rings (SSSR count). The number of hydrogen-bond acceptors (Lipinski definition) is 6. The largest absolute Gasteiger partial charge is 0.493 e. The lowest BCUT2D eigenvalue weighted by molar-refractivity contribution is -0.117. The molecule has 0 aromatic heterocycles. The van der Waals surface area contributed by atoms with Crippen LogP contribution in [-0.4, -0.2) is 58.2 Å². The Labute approximate surface area is 165 Å². The molecule has 0 unspecified atom stereocenters. The maximum atomic E-state index is 12.2. The molecular formula is C21H26N2O5. The van der Waals surface area contributed by atoms with Gasteiger partial charge < -0.3 is 19.5 Å². The number of nitrogens with zero attached hydrogens (tertiary/aromatic N) is 1. The van der Waals surface area contributed by atoms with Gasteiger partial charge in [-0.15, -0.1) is 0 Å². The van der Waals surface area contributed by atoms with Crippen LogP contribution in [0.25, 0.3) is 0 Å². The zero-order chi connectivity index (χ0) is 20.5. The molecule has 28 heavy (non-hydrogen) atoms. The Morgan fingerprint density at radius 3 is 2.25 bits per heavy atom. The highest BCUT2D eigenvalue weighted by atomic mass is 16.5. The van der Waals surface area contributed by atoms with E-state index in [9.17, 15) is 9.59 Å². The third-order valence-corrected chi connectivity index (χ3v) is 4.23. The Morgan fingerprint density at radius 1 is 0.964 bits per heavy atom. The van der Waals surface area contributed by atoms with Crippen molar-refractivity contribution < 1.29 is 23.8 Å². The van der Waals surface area contributed by atoms with E-state index in [1.165, 1.54) is 7.11 Å². The SMILES string of the molecule is COC(=O)c1ccc(NC(=O)CN(C)CCc2ccc(OC)c(OC)c2)cc1. The van der Waals surface area contributed by atoms with Crippen LogP contribution in [-0.2, 0) is 16.0 Å². The molecule has 0 radical (unpaired) electrons. The van der Waals surface area contributed by atoms with E-state index < -0.39 is 5.97 Å². The number of nitrogens with one attached hydrogen (secondary N) is 1. The lowest BCUT2D eigenvalue weighted by Gasteiger charge is -2.17. The standard InChI is InChI=1S/C21H26N2O5/c1-23(12-11-15-5-10-18(26-2)19(13-15)27-3)14-20(24)22-17-8-6-16(7-9-17)21(25)28-4/h5-10,13H,11-12,14H2,1-4H3,(H,22,24). The minimum Gasteiger partial charge on any atom is -0.493 e. The van der Waals surface area contributed by atoms with E-state index in [-0.39, 0.29) is 12.5 Å². The van der Waals surface area contributed by atoms with Crippen molar-refractivity contribution in [3.63, 3.8) is 0 Å². The van der Waals surface area contributed by atoms with Crippen molar-refractivity contribution in [1.82, 2.24) is 4.90 Å². The topological polar surface area (TPSA) is 77.1 Å². The summed E-state index contributed by atoms with van der Waals surface area (Å²) in [6, 6.07) is 12.4. The fraction of sp³-hybridized carbons (Fsp3) is 0.333. The van der Waals surface area contributed by atoms with Crippen molar-refractivity contribution >= 4 is 17.6 Å². The molecule has 2 aromatic rings. The molecule has 0 aliphatic carbocycles. The Hall–Kier alpha value is -3.06. The molecule has 0 fully saturated rings. The summed E-state index contributed by atoms with van der Waals surface area (Å²) < 4.78 is 15.2. The molecule has 0 saturated heterocycles. The maximum Gasteiger partial charge on any atom is 0.337 e. The van der Waals surface area contributed by atoms with Gasteiger partial charge in [-0.3, -0.25) is 9.69 Å². The molecule has 0 atom stereocenters. The van der Waals surface area contributed by atoms with Gasteiger partial charge in [0.1, 0.15) is 0 Å². The predicted octanol–water partition coefficient (Wildman–Crippen LogP) is 2.60. The van der Waals surface area contributed by atoms with E-state index in [2.05, 4.69) is 10.1 Å². The van der Waals surface area contributed by atoms with Crippen molar-refractivity contribution in [2.75, 3.05) is 46.8 Å². The van der Waals surface area contributed by atoms with Crippen LogP contribution in [0.1, 0.15) is 15.9 Å². The zero-order valence-corrected chi connectivity index (χ0v) is 16.7. The first-order chi connectivity index (χ1) is 13.5. The number of methoxy groups -OCH3 is 3. The van der Waals surface area contributed by atoms with E-state index >= 15 is 0 Å². The molecule has 7 heteroatoms. The third-order valence-electron chi connectivity index (χ3n) is 4.23. The van der Waals surface area contributed by atoms with Crippen molar-refractivity contribution in [3.8, 4) is 11.5 Å². The fourth-order valence-corrected chi connectivity index (χ4v) is 2.69. The van der Waals surface area contributed by atoms with Gasteiger partial charge in [-0.2, -0.15) is 0 Å². The summed E-state index contributed by atoms with van der Waals surface area (Å²) >= 11 is 0. The molecule has 0 spiro atoms. The number of rotatable bonds is 9. The van der Waals surface area contributed by atoms with Crippen LogP contribution in [0, 0.1) is 0 Å². The van der Waals surface area contributed by atoms with Gasteiger partial charge in [-0.25, -0.2) is 4.79 Å². The molecule has 7 nitrogen and oxygen atoms in total. The number of anilines is 1. The van der Waals surface area contributed by atoms with Crippen LogP contribution in [0.15, 0.2) is 42.5 Å². The van der Waals surface area contributed by atoms with Gasteiger partial charge in [0.05, 0.1) is 33.4 Å². The van der Waals surface area contributed by atoms with Crippen LogP contribution in [0.4, 0.5) is 5.69 Å². The molecule has 0 heterocycles. The van der Waals surface area contributed by atoms with E-state index in [4.69, 9.17) is 9.47 Å². The first-order valence-corrected chi connectivity index (χ1v) is 8.84. The van der Waals surface area contributed by atoms with Crippen LogP contribution in [0.3, 0.4) is 0 Å². The molecule has 0 aliphatic rings. The fourth-order valence-electron chi connectivity index (χ4n) is 2.69. The Bertz CT molecular complexity index is 805. The number of carbonyl (C=O) groups is 2.